The van der Waals surface area contributed by atoms with Crippen LogP contribution in [0.4, 0.5) is 0 Å². The van der Waals surface area contributed by atoms with Gasteiger partial charge in [-0.3, -0.25) is 9.59 Å². The molecule has 1 aromatic carbocycles. The molecule has 1 heterocycles. The van der Waals surface area contributed by atoms with Gasteiger partial charge in [-0.25, -0.2) is 0 Å². The third-order valence-electron chi connectivity index (χ3n) is 5.81. The van der Waals surface area contributed by atoms with Gasteiger partial charge in [-0.15, -0.1) is 0 Å². The Kier molecular flexibility index (Phi) is 6.20. The molecule has 2 amide bonds. The van der Waals surface area contributed by atoms with E-state index in [9.17, 15) is 9.59 Å². The van der Waals surface area contributed by atoms with E-state index in [0.717, 1.165) is 38.6 Å². The van der Waals surface area contributed by atoms with Gasteiger partial charge in [0.15, 0.2) is 0 Å². The van der Waals surface area contributed by atoms with Crippen molar-refractivity contribution >= 4 is 11.8 Å². The number of benzene rings is 1. The summed E-state index contributed by atoms with van der Waals surface area (Å²) in [5.41, 5.74) is 2.65. The molecule has 1 aliphatic heterocycles. The lowest BCUT2D eigenvalue weighted by Gasteiger charge is -2.35. The van der Waals surface area contributed by atoms with Crippen molar-refractivity contribution in [3.63, 3.8) is 0 Å². The molecule has 1 atom stereocenters. The molecule has 0 bridgehead atoms. The Balaban J connectivity index is 1.52. The van der Waals surface area contributed by atoms with E-state index in [-0.39, 0.29) is 29.9 Å². The predicted octanol–water partition coefficient (Wildman–Crippen LogP) is 2.57. The highest BCUT2D eigenvalue weighted by Gasteiger charge is 2.33. The van der Waals surface area contributed by atoms with Gasteiger partial charge in [0.25, 0.3) is 0 Å². The van der Waals surface area contributed by atoms with Crippen molar-refractivity contribution in [3.8, 4) is 0 Å². The molecule has 1 fully saturated rings. The van der Waals surface area contributed by atoms with Crippen LogP contribution in [0.2, 0.25) is 0 Å². The SMILES string of the molecule is COCC(=O)N1CCC[C@@H](C(=O)NC(C)(C)CC2Cc3ccccc3C2)C1. The van der Waals surface area contributed by atoms with Crippen molar-refractivity contribution in [1.82, 2.24) is 10.2 Å². The van der Waals surface area contributed by atoms with Crippen LogP contribution in [0.25, 0.3) is 0 Å². The standard InChI is InChI=1S/C22H32N2O3/c1-22(2,13-16-11-17-7-4-5-8-18(17)12-16)23-21(26)19-9-6-10-24(14-19)20(25)15-27-3/h4-5,7-8,16,19H,6,9-15H2,1-3H3,(H,23,26)/t19-/m1/s1. The highest BCUT2D eigenvalue weighted by molar-refractivity contribution is 5.82. The number of hydrogen-bond donors (Lipinski definition) is 1. The number of fused-ring (bicyclic) bond motifs is 1. The number of rotatable bonds is 6. The predicted molar refractivity (Wildman–Crippen MR) is 105 cm³/mol. The lowest BCUT2D eigenvalue weighted by Crippen LogP contribution is -2.51. The molecule has 0 unspecified atom stereocenters. The van der Waals surface area contributed by atoms with Crippen LogP contribution in [-0.4, -0.2) is 49.1 Å². The number of nitrogens with zero attached hydrogens (tertiary/aromatic N) is 1. The molecule has 0 radical (unpaired) electrons. The lowest BCUT2D eigenvalue weighted by molar-refractivity contribution is -0.139. The Bertz CT molecular complexity index is 661. The number of hydrogen-bond acceptors (Lipinski definition) is 3. The summed E-state index contributed by atoms with van der Waals surface area (Å²) in [5.74, 6) is 0.492. The van der Waals surface area contributed by atoms with Crippen molar-refractivity contribution < 1.29 is 14.3 Å². The molecule has 5 nitrogen and oxygen atoms in total. The topological polar surface area (TPSA) is 58.6 Å². The zero-order valence-corrected chi connectivity index (χ0v) is 16.8. The fourth-order valence-electron chi connectivity index (χ4n) is 4.64. The molecule has 148 valence electrons. The number of carbonyl (C=O) groups is 2. The van der Waals surface area contributed by atoms with E-state index in [0.29, 0.717) is 12.5 Å². The number of methoxy groups -OCH3 is 1. The normalized spacial score (nSPS) is 20.4. The van der Waals surface area contributed by atoms with Crippen LogP contribution in [0.5, 0.6) is 0 Å². The van der Waals surface area contributed by atoms with Crippen molar-refractivity contribution in [2.75, 3.05) is 26.8 Å². The van der Waals surface area contributed by atoms with Gasteiger partial charge in [-0.2, -0.15) is 0 Å². The summed E-state index contributed by atoms with van der Waals surface area (Å²) in [6.45, 7) is 5.53. The third kappa shape index (κ3) is 5.10. The van der Waals surface area contributed by atoms with E-state index < -0.39 is 0 Å². The largest absolute Gasteiger partial charge is 0.375 e. The fourth-order valence-corrected chi connectivity index (χ4v) is 4.64. The Morgan fingerprint density at radius 2 is 1.89 bits per heavy atom. The second-order valence-corrected chi connectivity index (χ2v) is 8.73. The van der Waals surface area contributed by atoms with Crippen molar-refractivity contribution in [2.45, 2.75) is 51.5 Å². The highest BCUT2D eigenvalue weighted by Crippen LogP contribution is 2.32. The van der Waals surface area contributed by atoms with Crippen molar-refractivity contribution in [1.29, 1.82) is 0 Å². The molecule has 1 aliphatic carbocycles. The highest BCUT2D eigenvalue weighted by atomic mass is 16.5. The second-order valence-electron chi connectivity index (χ2n) is 8.73. The minimum atomic E-state index is -0.247. The molecule has 27 heavy (non-hydrogen) atoms. The van der Waals surface area contributed by atoms with Crippen LogP contribution in [0, 0.1) is 11.8 Å². The first-order chi connectivity index (χ1) is 12.9. The number of amides is 2. The molecule has 3 rings (SSSR count). The maximum absolute atomic E-state index is 12.9. The second kappa shape index (κ2) is 8.42. The summed E-state index contributed by atoms with van der Waals surface area (Å²) in [6, 6.07) is 8.64. The Morgan fingerprint density at radius 1 is 1.22 bits per heavy atom. The van der Waals surface area contributed by atoms with Gasteiger partial charge in [-0.05, 0) is 63.0 Å². The van der Waals surface area contributed by atoms with Crippen LogP contribution < -0.4 is 5.32 Å². The van der Waals surface area contributed by atoms with E-state index in [4.69, 9.17) is 4.74 Å². The van der Waals surface area contributed by atoms with Crippen molar-refractivity contribution in [3.05, 3.63) is 35.4 Å². The summed E-state index contributed by atoms with van der Waals surface area (Å²) < 4.78 is 4.94. The Morgan fingerprint density at radius 3 is 2.52 bits per heavy atom. The lowest BCUT2D eigenvalue weighted by atomic mass is 9.87. The third-order valence-corrected chi connectivity index (χ3v) is 5.81. The molecule has 2 aliphatic rings. The van der Waals surface area contributed by atoms with Crippen LogP contribution >= 0.6 is 0 Å². The number of piperidine rings is 1. The molecule has 5 heteroatoms. The van der Waals surface area contributed by atoms with Crippen LogP contribution in [-0.2, 0) is 27.2 Å². The molecule has 0 saturated carbocycles. The van der Waals surface area contributed by atoms with Crippen LogP contribution in [0.15, 0.2) is 24.3 Å². The Hall–Kier alpha value is -1.88. The summed E-state index contributed by atoms with van der Waals surface area (Å²) >= 11 is 0. The molecular formula is C22H32N2O3. The number of carbonyl (C=O) groups excluding carboxylic acids is 2. The van der Waals surface area contributed by atoms with Gasteiger partial charge >= 0.3 is 0 Å². The van der Waals surface area contributed by atoms with E-state index in [1.807, 2.05) is 0 Å². The average molecular weight is 373 g/mol. The fraction of sp³-hybridized carbons (Fsp3) is 0.636. The average Bonchev–Trinajstić information content (AvgIpc) is 3.03. The van der Waals surface area contributed by atoms with Crippen LogP contribution in [0.1, 0.15) is 44.2 Å². The molecule has 1 aromatic rings. The maximum atomic E-state index is 12.9. The van der Waals surface area contributed by atoms with Gasteiger partial charge in [0.1, 0.15) is 6.61 Å². The zero-order chi connectivity index (χ0) is 19.4. The monoisotopic (exact) mass is 372 g/mol. The van der Waals surface area contributed by atoms with Crippen molar-refractivity contribution in [2.24, 2.45) is 11.8 Å². The van der Waals surface area contributed by atoms with E-state index >= 15 is 0 Å². The molecule has 1 N–H and O–H groups in total. The first kappa shape index (κ1) is 19.9. The molecule has 1 saturated heterocycles. The first-order valence-corrected chi connectivity index (χ1v) is 10.0. The summed E-state index contributed by atoms with van der Waals surface area (Å²) in [6.07, 6.45) is 4.86. The Labute approximate surface area is 162 Å². The van der Waals surface area contributed by atoms with Gasteiger partial charge in [0.2, 0.25) is 11.8 Å². The van der Waals surface area contributed by atoms with Gasteiger partial charge in [-0.1, -0.05) is 24.3 Å². The van der Waals surface area contributed by atoms with Crippen LogP contribution in [0.3, 0.4) is 0 Å². The van der Waals surface area contributed by atoms with E-state index in [2.05, 4.69) is 43.4 Å². The molecule has 0 aromatic heterocycles. The van der Waals surface area contributed by atoms with Gasteiger partial charge in [0.05, 0.1) is 5.92 Å². The number of ether oxygens (including phenoxy) is 1. The summed E-state index contributed by atoms with van der Waals surface area (Å²) in [7, 11) is 1.52. The minimum Gasteiger partial charge on any atom is -0.375 e. The maximum Gasteiger partial charge on any atom is 0.248 e. The molecule has 0 spiro atoms. The van der Waals surface area contributed by atoms with E-state index in [1.165, 1.54) is 18.2 Å². The smallest absolute Gasteiger partial charge is 0.248 e. The van der Waals surface area contributed by atoms with Gasteiger partial charge < -0.3 is 15.0 Å². The number of nitrogens with one attached hydrogen (secondary N) is 1. The quantitative estimate of drug-likeness (QED) is 0.835. The zero-order valence-electron chi connectivity index (χ0n) is 16.8. The van der Waals surface area contributed by atoms with E-state index in [1.54, 1.807) is 4.90 Å². The van der Waals surface area contributed by atoms with Gasteiger partial charge in [0, 0.05) is 25.7 Å². The summed E-state index contributed by atoms with van der Waals surface area (Å²) in [4.78, 5) is 26.7. The minimum absolute atomic E-state index is 0.0296. The number of likely N-dealkylation sites (tertiary alicyclic amines) is 1. The first-order valence-electron chi connectivity index (χ1n) is 10.0. The molecular weight excluding hydrogens is 340 g/mol. The summed E-state index contributed by atoms with van der Waals surface area (Å²) in [5, 5.41) is 3.26.